The summed E-state index contributed by atoms with van der Waals surface area (Å²) in [7, 11) is 0. The van der Waals surface area contributed by atoms with E-state index in [-0.39, 0.29) is 19.5 Å². The van der Waals surface area contributed by atoms with Crippen molar-refractivity contribution in [1.82, 2.24) is 5.32 Å². The Morgan fingerprint density at radius 3 is 1.50 bits per heavy atom. The van der Waals surface area contributed by atoms with E-state index >= 15 is 0 Å². The Hall–Kier alpha value is -0.197. The van der Waals surface area contributed by atoms with Crippen LogP contribution in [0.3, 0.4) is 0 Å². The van der Waals surface area contributed by atoms with E-state index in [9.17, 15) is 0 Å². The summed E-state index contributed by atoms with van der Waals surface area (Å²) >= 11 is 0. The summed E-state index contributed by atoms with van der Waals surface area (Å²) in [5, 5.41) is 4.19. The second kappa shape index (κ2) is 9.19. The van der Waals surface area contributed by atoms with Crippen molar-refractivity contribution in [2.75, 3.05) is 0 Å². The van der Waals surface area contributed by atoms with Gasteiger partial charge in [-0.3, -0.25) is 0 Å². The van der Waals surface area contributed by atoms with Crippen molar-refractivity contribution in [3.05, 3.63) is 90.9 Å². The van der Waals surface area contributed by atoms with Crippen molar-refractivity contribution in [3.63, 3.8) is 0 Å². The molecule has 0 spiro atoms. The fourth-order valence-electron chi connectivity index (χ4n) is 2.49. The molecule has 22 heavy (non-hydrogen) atoms. The second-order valence-electron chi connectivity index (χ2n) is 5.51. The van der Waals surface area contributed by atoms with E-state index in [2.05, 4.69) is 52.1 Å². The zero-order chi connectivity index (χ0) is 15.4. The van der Waals surface area contributed by atoms with Crippen LogP contribution in [-0.2, 0) is 19.5 Å². The molecule has 0 amide bonds. The van der Waals surface area contributed by atoms with E-state index in [0.29, 0.717) is 0 Å². The minimum absolute atomic E-state index is 0. The summed E-state index contributed by atoms with van der Waals surface area (Å²) < 4.78 is 0. The predicted octanol–water partition coefficient (Wildman–Crippen LogP) is 4.72. The Balaban J connectivity index is 0.000000212. The fourth-order valence-corrected chi connectivity index (χ4v) is 2.49. The maximum absolute atomic E-state index is 4.19. The van der Waals surface area contributed by atoms with Gasteiger partial charge < -0.3 is 0 Å². The van der Waals surface area contributed by atoms with Crippen LogP contribution in [0.1, 0.15) is 40.2 Å². The third-order valence-electron chi connectivity index (χ3n) is 4.44. The topological polar surface area (TPSA) is 14.1 Å². The third kappa shape index (κ3) is 4.65. The van der Waals surface area contributed by atoms with Crippen LogP contribution in [-0.4, -0.2) is 0 Å². The Morgan fingerprint density at radius 1 is 0.682 bits per heavy atom. The van der Waals surface area contributed by atoms with Crippen molar-refractivity contribution in [2.24, 2.45) is 0 Å². The van der Waals surface area contributed by atoms with E-state index in [1.54, 1.807) is 0 Å². The number of rotatable bonds is 1. The zero-order valence-electron chi connectivity index (χ0n) is 13.9. The molecule has 1 nitrogen and oxygen atoms in total. The van der Waals surface area contributed by atoms with Gasteiger partial charge in [0.05, 0.1) is 6.04 Å². The van der Waals surface area contributed by atoms with Gasteiger partial charge in [-0.2, -0.15) is 0 Å². The molecule has 2 aliphatic rings. The molecule has 1 saturated heterocycles. The van der Waals surface area contributed by atoms with E-state index in [4.69, 9.17) is 0 Å². The molecule has 114 valence electrons. The average Bonchev–Trinajstić information content (AvgIpc) is 3.11. The van der Waals surface area contributed by atoms with Crippen molar-refractivity contribution in [3.8, 4) is 0 Å². The van der Waals surface area contributed by atoms with E-state index in [1.807, 2.05) is 37.6 Å². The molecule has 10 radical (unpaired) electrons. The van der Waals surface area contributed by atoms with Gasteiger partial charge in [0, 0.05) is 6.54 Å². The molecule has 0 N–H and O–H groups in total. The molecular weight excluding hydrogens is 355 g/mol. The number of hydrogen-bond acceptors (Lipinski definition) is 0. The standard InChI is InChI=1S/C10H8N.C10H15.Ru/c1-2-5-9(6-3-1)10-7-4-8-11-10;1-6-7(2)9(4)10(5)8(6)3;/h1-8H;1-5H3;/q;;+2. The largest absolute Gasteiger partial charge is 2.00 e. The quantitative estimate of drug-likeness (QED) is 0.628. The van der Waals surface area contributed by atoms with Gasteiger partial charge in [0.25, 0.3) is 0 Å². The van der Waals surface area contributed by atoms with Gasteiger partial charge in [-0.15, -0.1) is 0 Å². The van der Waals surface area contributed by atoms with Gasteiger partial charge in [-0.1, -0.05) is 65.0 Å². The van der Waals surface area contributed by atoms with Crippen molar-refractivity contribution >= 4 is 0 Å². The van der Waals surface area contributed by atoms with Crippen LogP contribution >= 0.6 is 0 Å². The molecule has 0 aromatic heterocycles. The van der Waals surface area contributed by atoms with Crippen molar-refractivity contribution in [2.45, 2.75) is 34.6 Å². The van der Waals surface area contributed by atoms with Crippen LogP contribution in [0.5, 0.6) is 0 Å². The Kier molecular flexibility index (Phi) is 8.29. The molecule has 1 aliphatic heterocycles. The van der Waals surface area contributed by atoms with Gasteiger partial charge in [0.15, 0.2) is 0 Å². The maximum Gasteiger partial charge on any atom is 2.00 e. The van der Waals surface area contributed by atoms with Gasteiger partial charge in [0.2, 0.25) is 0 Å². The first-order valence-electron chi connectivity index (χ1n) is 7.35. The summed E-state index contributed by atoms with van der Waals surface area (Å²) in [6, 6.07) is 11.2. The summed E-state index contributed by atoms with van der Waals surface area (Å²) in [4.78, 5) is 0. The van der Waals surface area contributed by atoms with E-state index in [0.717, 1.165) is 6.04 Å². The third-order valence-corrected chi connectivity index (χ3v) is 4.44. The van der Waals surface area contributed by atoms with Crippen molar-refractivity contribution < 1.29 is 19.5 Å². The zero-order valence-corrected chi connectivity index (χ0v) is 15.7. The molecule has 0 unspecified atom stereocenters. The molecule has 2 heteroatoms. The van der Waals surface area contributed by atoms with Gasteiger partial charge in [-0.05, 0) is 48.0 Å². The first-order chi connectivity index (χ1) is 10.0. The molecule has 1 aromatic carbocycles. The number of hydrogen-bond donors (Lipinski definition) is 0. The van der Waals surface area contributed by atoms with Crippen LogP contribution in [0, 0.1) is 55.0 Å². The van der Waals surface area contributed by atoms with Crippen LogP contribution in [0.2, 0.25) is 0 Å². The first kappa shape index (κ1) is 19.8. The SMILES string of the molecule is C[C]1[C](C)[C](C)[C](C)[C]1C.[CH]1[CH][N][C](c2ccccc2)[CH]1.[Ru+2]. The van der Waals surface area contributed by atoms with Crippen molar-refractivity contribution in [1.29, 1.82) is 0 Å². The summed E-state index contributed by atoms with van der Waals surface area (Å²) in [6.07, 6.45) is 3.96. The summed E-state index contributed by atoms with van der Waals surface area (Å²) in [5.74, 6) is 7.34. The average molecular weight is 378 g/mol. The number of benzene rings is 1. The van der Waals surface area contributed by atoms with Crippen LogP contribution in [0.4, 0.5) is 0 Å². The van der Waals surface area contributed by atoms with Crippen LogP contribution < -0.4 is 5.32 Å². The minimum atomic E-state index is 0. The second-order valence-corrected chi connectivity index (χ2v) is 5.51. The first-order valence-corrected chi connectivity index (χ1v) is 7.35. The van der Waals surface area contributed by atoms with Crippen LogP contribution in [0.15, 0.2) is 30.3 Å². The molecular formula is C20H23NRu+2. The summed E-state index contributed by atoms with van der Waals surface area (Å²) in [5.41, 5.74) is 1.18. The molecule has 0 atom stereocenters. The Morgan fingerprint density at radius 2 is 1.14 bits per heavy atom. The van der Waals surface area contributed by atoms with Gasteiger partial charge >= 0.3 is 19.5 Å². The fraction of sp³-hybridized carbons (Fsp3) is 0.250. The summed E-state index contributed by atoms with van der Waals surface area (Å²) in [6.45, 7) is 12.8. The Bertz CT molecular complexity index is 368. The minimum Gasteiger partial charge on any atom is -0.222 e. The molecule has 0 bridgehead atoms. The molecule has 3 rings (SSSR count). The monoisotopic (exact) mass is 379 g/mol. The Labute approximate surface area is 150 Å². The smallest absolute Gasteiger partial charge is 0.222 e. The normalized spacial score (nSPS) is 22.4. The molecule has 1 heterocycles. The maximum atomic E-state index is 4.19. The molecule has 1 aromatic rings. The predicted molar refractivity (Wildman–Crippen MR) is 88.4 cm³/mol. The van der Waals surface area contributed by atoms with E-state index < -0.39 is 0 Å². The number of nitrogens with zero attached hydrogens (tertiary/aromatic N) is 1. The van der Waals surface area contributed by atoms with Crippen LogP contribution in [0.25, 0.3) is 0 Å². The molecule has 2 fully saturated rings. The van der Waals surface area contributed by atoms with Gasteiger partial charge in [-0.25, -0.2) is 5.32 Å². The molecule has 1 saturated carbocycles. The molecule has 1 aliphatic carbocycles. The van der Waals surface area contributed by atoms with E-state index in [1.165, 1.54) is 35.2 Å². The van der Waals surface area contributed by atoms with Gasteiger partial charge in [0.1, 0.15) is 0 Å².